The number of urea groups is 1. The highest BCUT2D eigenvalue weighted by atomic mass is 16.7. The molecule has 0 aliphatic carbocycles. The number of carbonyl (C=O) groups is 1. The molecule has 2 amide bonds. The van der Waals surface area contributed by atoms with Crippen LogP contribution in [-0.4, -0.2) is 49.1 Å². The van der Waals surface area contributed by atoms with Crippen molar-refractivity contribution in [3.05, 3.63) is 12.7 Å². The van der Waals surface area contributed by atoms with Gasteiger partial charge in [-0.3, -0.25) is 0 Å². The molecule has 2 aliphatic heterocycles. The molecule has 22 heavy (non-hydrogen) atoms. The number of carbonyl (C=O) groups excluding carboxylic acids is 1. The Bertz CT molecular complexity index is 380. The Morgan fingerprint density at radius 1 is 1.50 bits per heavy atom. The number of unbranched alkanes of at least 4 members (excludes halogenated alkanes) is 1. The SMILES string of the molecule is C=CCCC[C@@H](C)NC(=O)N1CCC[C@@H](C2(C)OCCO2)C1. The van der Waals surface area contributed by atoms with Gasteiger partial charge in [0, 0.05) is 25.0 Å². The topological polar surface area (TPSA) is 50.8 Å². The molecule has 1 N–H and O–H groups in total. The smallest absolute Gasteiger partial charge is 0.317 e. The number of piperidine rings is 1. The fourth-order valence-electron chi connectivity index (χ4n) is 3.30. The maximum atomic E-state index is 12.4. The molecule has 0 spiro atoms. The van der Waals surface area contributed by atoms with E-state index in [1.807, 2.05) is 17.9 Å². The number of hydrogen-bond acceptors (Lipinski definition) is 3. The first-order chi connectivity index (χ1) is 10.5. The van der Waals surface area contributed by atoms with Crippen LogP contribution in [0.5, 0.6) is 0 Å². The van der Waals surface area contributed by atoms with Gasteiger partial charge >= 0.3 is 6.03 Å². The van der Waals surface area contributed by atoms with E-state index in [-0.39, 0.29) is 18.0 Å². The van der Waals surface area contributed by atoms with Crippen molar-refractivity contribution in [2.45, 2.75) is 57.8 Å². The summed E-state index contributed by atoms with van der Waals surface area (Å²) in [4.78, 5) is 14.3. The molecule has 5 nitrogen and oxygen atoms in total. The first-order valence-corrected chi connectivity index (χ1v) is 8.49. The number of amides is 2. The van der Waals surface area contributed by atoms with Crippen LogP contribution in [0, 0.1) is 5.92 Å². The van der Waals surface area contributed by atoms with Gasteiger partial charge in [0.05, 0.1) is 13.2 Å². The summed E-state index contributed by atoms with van der Waals surface area (Å²) in [7, 11) is 0. The van der Waals surface area contributed by atoms with Gasteiger partial charge in [-0.05, 0) is 46.0 Å². The second-order valence-corrected chi connectivity index (χ2v) is 6.57. The third-order valence-corrected chi connectivity index (χ3v) is 4.73. The molecule has 0 aromatic heterocycles. The van der Waals surface area contributed by atoms with E-state index in [0.29, 0.717) is 19.8 Å². The van der Waals surface area contributed by atoms with E-state index in [4.69, 9.17) is 9.47 Å². The molecule has 2 saturated heterocycles. The molecule has 0 unspecified atom stereocenters. The number of ether oxygens (including phenoxy) is 2. The molecule has 0 aromatic rings. The predicted molar refractivity (Wildman–Crippen MR) is 86.6 cm³/mol. The molecular weight excluding hydrogens is 280 g/mol. The first kappa shape index (κ1) is 17.3. The van der Waals surface area contributed by atoms with Gasteiger partial charge in [0.2, 0.25) is 0 Å². The van der Waals surface area contributed by atoms with Crippen LogP contribution in [0.4, 0.5) is 4.79 Å². The van der Waals surface area contributed by atoms with E-state index in [9.17, 15) is 4.79 Å². The Morgan fingerprint density at radius 3 is 2.91 bits per heavy atom. The Morgan fingerprint density at radius 2 is 2.23 bits per heavy atom. The monoisotopic (exact) mass is 310 g/mol. The molecule has 2 fully saturated rings. The van der Waals surface area contributed by atoms with Gasteiger partial charge < -0.3 is 19.7 Å². The summed E-state index contributed by atoms with van der Waals surface area (Å²) in [6.45, 7) is 10.6. The molecule has 0 radical (unpaired) electrons. The van der Waals surface area contributed by atoms with Gasteiger partial charge in [0.1, 0.15) is 0 Å². The quantitative estimate of drug-likeness (QED) is 0.606. The maximum absolute atomic E-state index is 12.4. The average molecular weight is 310 g/mol. The Labute approximate surface area is 134 Å². The molecule has 2 aliphatic rings. The first-order valence-electron chi connectivity index (χ1n) is 8.49. The van der Waals surface area contributed by atoms with Crippen LogP contribution >= 0.6 is 0 Å². The van der Waals surface area contributed by atoms with E-state index in [0.717, 1.165) is 38.6 Å². The zero-order valence-electron chi connectivity index (χ0n) is 14.0. The summed E-state index contributed by atoms with van der Waals surface area (Å²) < 4.78 is 11.5. The van der Waals surface area contributed by atoms with Crippen molar-refractivity contribution in [3.8, 4) is 0 Å². The van der Waals surface area contributed by atoms with Gasteiger partial charge in [-0.2, -0.15) is 0 Å². The van der Waals surface area contributed by atoms with Crippen LogP contribution < -0.4 is 5.32 Å². The Hall–Kier alpha value is -1.07. The molecule has 0 saturated carbocycles. The number of hydrogen-bond donors (Lipinski definition) is 1. The second-order valence-electron chi connectivity index (χ2n) is 6.57. The number of nitrogens with one attached hydrogen (secondary N) is 1. The van der Waals surface area contributed by atoms with Crippen molar-refractivity contribution >= 4 is 6.03 Å². The minimum atomic E-state index is -0.519. The van der Waals surface area contributed by atoms with Gasteiger partial charge in [-0.25, -0.2) is 4.79 Å². The van der Waals surface area contributed by atoms with E-state index >= 15 is 0 Å². The number of rotatable bonds is 6. The largest absolute Gasteiger partial charge is 0.347 e. The summed E-state index contributed by atoms with van der Waals surface area (Å²) >= 11 is 0. The molecule has 2 heterocycles. The van der Waals surface area contributed by atoms with Gasteiger partial charge in [0.25, 0.3) is 0 Å². The van der Waals surface area contributed by atoms with Crippen molar-refractivity contribution in [2.75, 3.05) is 26.3 Å². The van der Waals surface area contributed by atoms with Crippen LogP contribution in [0.1, 0.15) is 46.0 Å². The Kier molecular flexibility index (Phi) is 6.26. The summed E-state index contributed by atoms with van der Waals surface area (Å²) in [5.74, 6) is -0.264. The van der Waals surface area contributed by atoms with E-state index in [1.54, 1.807) is 0 Å². The van der Waals surface area contributed by atoms with Gasteiger partial charge in [-0.1, -0.05) is 6.08 Å². The van der Waals surface area contributed by atoms with E-state index in [2.05, 4.69) is 18.8 Å². The second kappa shape index (κ2) is 7.97. The highest BCUT2D eigenvalue weighted by Gasteiger charge is 2.42. The highest BCUT2D eigenvalue weighted by molar-refractivity contribution is 5.74. The normalized spacial score (nSPS) is 25.7. The number of likely N-dealkylation sites (tertiary alicyclic amines) is 1. The third kappa shape index (κ3) is 4.46. The molecule has 126 valence electrons. The van der Waals surface area contributed by atoms with Crippen molar-refractivity contribution in [2.24, 2.45) is 5.92 Å². The fraction of sp³-hybridized carbons (Fsp3) is 0.824. The lowest BCUT2D eigenvalue weighted by Gasteiger charge is -2.40. The minimum absolute atomic E-state index is 0.0393. The van der Waals surface area contributed by atoms with Crippen molar-refractivity contribution in [1.29, 1.82) is 0 Å². The fourth-order valence-corrected chi connectivity index (χ4v) is 3.30. The van der Waals surface area contributed by atoms with Gasteiger partial charge in [-0.15, -0.1) is 6.58 Å². The summed E-state index contributed by atoms with van der Waals surface area (Å²) in [6, 6.07) is 0.236. The van der Waals surface area contributed by atoms with Crippen LogP contribution in [0.3, 0.4) is 0 Å². The third-order valence-electron chi connectivity index (χ3n) is 4.73. The number of nitrogens with zero attached hydrogens (tertiary/aromatic N) is 1. The predicted octanol–water partition coefficient (Wildman–Crippen LogP) is 2.92. The van der Waals surface area contributed by atoms with Crippen LogP contribution in [0.25, 0.3) is 0 Å². The molecule has 2 atom stereocenters. The summed E-state index contributed by atoms with van der Waals surface area (Å²) in [5.41, 5.74) is 0. The summed E-state index contributed by atoms with van der Waals surface area (Å²) in [5, 5.41) is 3.10. The zero-order chi connectivity index (χ0) is 16.0. The van der Waals surface area contributed by atoms with E-state index in [1.165, 1.54) is 0 Å². The van der Waals surface area contributed by atoms with Crippen molar-refractivity contribution in [1.82, 2.24) is 10.2 Å². The lowest BCUT2D eigenvalue weighted by molar-refractivity contribution is -0.189. The van der Waals surface area contributed by atoms with Gasteiger partial charge in [0.15, 0.2) is 5.79 Å². The van der Waals surface area contributed by atoms with E-state index < -0.39 is 5.79 Å². The number of allylic oxidation sites excluding steroid dienone is 1. The van der Waals surface area contributed by atoms with Crippen molar-refractivity contribution < 1.29 is 14.3 Å². The van der Waals surface area contributed by atoms with Crippen LogP contribution in [0.2, 0.25) is 0 Å². The molecule has 0 aromatic carbocycles. The molecule has 2 rings (SSSR count). The lowest BCUT2D eigenvalue weighted by atomic mass is 9.90. The molecule has 5 heteroatoms. The highest BCUT2D eigenvalue weighted by Crippen LogP contribution is 2.34. The maximum Gasteiger partial charge on any atom is 0.317 e. The Balaban J connectivity index is 1.81. The lowest BCUT2D eigenvalue weighted by Crippen LogP contribution is -2.52. The van der Waals surface area contributed by atoms with Crippen LogP contribution in [0.15, 0.2) is 12.7 Å². The summed E-state index contributed by atoms with van der Waals surface area (Å²) in [6.07, 6.45) is 7.03. The molecule has 0 bridgehead atoms. The van der Waals surface area contributed by atoms with Crippen molar-refractivity contribution in [3.63, 3.8) is 0 Å². The van der Waals surface area contributed by atoms with Crippen LogP contribution in [-0.2, 0) is 9.47 Å². The standard InChI is InChI=1S/C17H30N2O3/c1-4-5-6-8-14(2)18-16(20)19-10-7-9-15(13-19)17(3)21-11-12-22-17/h4,14-15H,1,5-13H2,2-3H3,(H,18,20)/t14-,15-/m1/s1. The minimum Gasteiger partial charge on any atom is -0.347 e. The average Bonchev–Trinajstić information content (AvgIpc) is 2.96. The molecular formula is C17H30N2O3. The zero-order valence-corrected chi connectivity index (χ0v) is 14.0.